The van der Waals surface area contributed by atoms with Crippen LogP contribution in [-0.2, 0) is 4.79 Å². The number of rotatable bonds is 2. The third kappa shape index (κ3) is 1.58. The Labute approximate surface area is 87.9 Å². The minimum Gasteiger partial charge on any atom is -0.325 e. The molecule has 78 valence electrons. The molecule has 15 heavy (non-hydrogen) atoms. The SMILES string of the molecule is CCC1NC(=O)N(c2ccccc2)C1=O. The molecule has 1 aromatic carbocycles. The van der Waals surface area contributed by atoms with E-state index in [2.05, 4.69) is 5.32 Å². The molecule has 1 unspecified atom stereocenters. The zero-order chi connectivity index (χ0) is 10.8. The predicted octanol–water partition coefficient (Wildman–Crippen LogP) is 1.52. The number of carbonyl (C=O) groups is 2. The van der Waals surface area contributed by atoms with Crippen LogP contribution in [0.15, 0.2) is 30.3 Å². The number of nitrogens with zero attached hydrogens (tertiary/aromatic N) is 1. The van der Waals surface area contributed by atoms with Gasteiger partial charge in [-0.3, -0.25) is 4.79 Å². The van der Waals surface area contributed by atoms with Crippen LogP contribution in [-0.4, -0.2) is 18.0 Å². The van der Waals surface area contributed by atoms with Crippen LogP contribution in [0.2, 0.25) is 0 Å². The van der Waals surface area contributed by atoms with Crippen molar-refractivity contribution in [1.29, 1.82) is 0 Å². The molecule has 4 heteroatoms. The Morgan fingerprint density at radius 2 is 1.93 bits per heavy atom. The molecule has 0 aliphatic carbocycles. The molecule has 3 amide bonds. The molecular formula is C11H12N2O2. The fourth-order valence-electron chi connectivity index (χ4n) is 1.63. The molecular weight excluding hydrogens is 192 g/mol. The summed E-state index contributed by atoms with van der Waals surface area (Å²) in [5.74, 6) is -0.172. The summed E-state index contributed by atoms with van der Waals surface area (Å²) in [5, 5.41) is 2.64. The van der Waals surface area contributed by atoms with E-state index in [1.807, 2.05) is 13.0 Å². The maximum Gasteiger partial charge on any atom is 0.329 e. The standard InChI is InChI=1S/C11H12N2O2/c1-2-9-10(14)13(11(15)12-9)8-6-4-3-5-7-8/h3-7,9H,2H2,1H3,(H,12,15). The zero-order valence-corrected chi connectivity index (χ0v) is 8.43. The van der Waals surface area contributed by atoms with E-state index in [0.717, 1.165) is 0 Å². The number of imide groups is 1. The molecule has 0 aromatic heterocycles. The highest BCUT2D eigenvalue weighted by Crippen LogP contribution is 2.19. The van der Waals surface area contributed by atoms with Gasteiger partial charge in [-0.05, 0) is 18.6 Å². The fourth-order valence-corrected chi connectivity index (χ4v) is 1.63. The van der Waals surface area contributed by atoms with Gasteiger partial charge in [-0.2, -0.15) is 0 Å². The van der Waals surface area contributed by atoms with Gasteiger partial charge >= 0.3 is 6.03 Å². The van der Waals surface area contributed by atoms with E-state index < -0.39 is 0 Å². The van der Waals surface area contributed by atoms with Crippen molar-refractivity contribution in [3.63, 3.8) is 0 Å². The number of anilines is 1. The highest BCUT2D eigenvalue weighted by Gasteiger charge is 2.37. The van der Waals surface area contributed by atoms with Crippen LogP contribution in [0.3, 0.4) is 0 Å². The molecule has 2 rings (SSSR count). The van der Waals surface area contributed by atoms with Crippen LogP contribution in [0, 0.1) is 0 Å². The number of nitrogens with one attached hydrogen (secondary N) is 1. The summed E-state index contributed by atoms with van der Waals surface area (Å²) in [4.78, 5) is 24.5. The number of benzene rings is 1. The van der Waals surface area contributed by atoms with Crippen LogP contribution in [0.1, 0.15) is 13.3 Å². The molecule has 1 heterocycles. The first-order valence-electron chi connectivity index (χ1n) is 4.93. The molecule has 1 aromatic rings. The number of amides is 3. The van der Waals surface area contributed by atoms with Gasteiger partial charge in [0.1, 0.15) is 6.04 Å². The maximum absolute atomic E-state index is 11.8. The molecule has 0 radical (unpaired) electrons. The van der Waals surface area contributed by atoms with E-state index >= 15 is 0 Å². The van der Waals surface area contributed by atoms with E-state index in [4.69, 9.17) is 0 Å². The molecule has 1 aliphatic rings. The summed E-state index contributed by atoms with van der Waals surface area (Å²) >= 11 is 0. The molecule has 1 saturated heterocycles. The Morgan fingerprint density at radius 3 is 2.47 bits per heavy atom. The maximum atomic E-state index is 11.8. The first kappa shape index (κ1) is 9.71. The van der Waals surface area contributed by atoms with Crippen molar-refractivity contribution in [3.05, 3.63) is 30.3 Å². The third-order valence-electron chi connectivity index (χ3n) is 2.44. The van der Waals surface area contributed by atoms with Crippen LogP contribution < -0.4 is 10.2 Å². The van der Waals surface area contributed by atoms with Gasteiger partial charge in [0.25, 0.3) is 5.91 Å². The van der Waals surface area contributed by atoms with E-state index in [9.17, 15) is 9.59 Å². The van der Waals surface area contributed by atoms with Crippen LogP contribution >= 0.6 is 0 Å². The topological polar surface area (TPSA) is 49.4 Å². The molecule has 1 atom stereocenters. The molecule has 0 spiro atoms. The van der Waals surface area contributed by atoms with Crippen molar-refractivity contribution in [2.45, 2.75) is 19.4 Å². The second kappa shape index (κ2) is 3.73. The van der Waals surface area contributed by atoms with Gasteiger partial charge in [-0.15, -0.1) is 0 Å². The number of hydrogen-bond acceptors (Lipinski definition) is 2. The monoisotopic (exact) mass is 204 g/mol. The van der Waals surface area contributed by atoms with E-state index in [0.29, 0.717) is 12.1 Å². The van der Waals surface area contributed by atoms with Gasteiger partial charge < -0.3 is 5.32 Å². The summed E-state index contributed by atoms with van der Waals surface area (Å²) in [6.45, 7) is 1.87. The molecule has 1 aliphatic heterocycles. The number of hydrogen-bond donors (Lipinski definition) is 1. The van der Waals surface area contributed by atoms with Crippen LogP contribution in [0.4, 0.5) is 10.5 Å². The van der Waals surface area contributed by atoms with Crippen molar-refractivity contribution < 1.29 is 9.59 Å². The Hall–Kier alpha value is -1.84. The van der Waals surface area contributed by atoms with Gasteiger partial charge in [-0.1, -0.05) is 25.1 Å². The highest BCUT2D eigenvalue weighted by atomic mass is 16.2. The van der Waals surface area contributed by atoms with Gasteiger partial charge in [0.2, 0.25) is 0 Å². The third-order valence-corrected chi connectivity index (χ3v) is 2.44. The second-order valence-electron chi connectivity index (χ2n) is 3.42. The van der Waals surface area contributed by atoms with Gasteiger partial charge in [0.05, 0.1) is 5.69 Å². The Balaban J connectivity index is 2.31. The van der Waals surface area contributed by atoms with Crippen molar-refractivity contribution >= 4 is 17.6 Å². The molecule has 1 N–H and O–H groups in total. The largest absolute Gasteiger partial charge is 0.329 e. The van der Waals surface area contributed by atoms with E-state index in [1.165, 1.54) is 4.90 Å². The summed E-state index contributed by atoms with van der Waals surface area (Å²) in [7, 11) is 0. The fraction of sp³-hybridized carbons (Fsp3) is 0.273. The second-order valence-corrected chi connectivity index (χ2v) is 3.42. The average Bonchev–Trinajstić information content (AvgIpc) is 2.55. The zero-order valence-electron chi connectivity index (χ0n) is 8.43. The lowest BCUT2D eigenvalue weighted by Crippen LogP contribution is -2.31. The lowest BCUT2D eigenvalue weighted by Gasteiger charge is -2.11. The number of urea groups is 1. The summed E-state index contributed by atoms with van der Waals surface area (Å²) in [6, 6.07) is 8.23. The van der Waals surface area contributed by atoms with Crippen molar-refractivity contribution in [2.75, 3.05) is 4.90 Å². The average molecular weight is 204 g/mol. The van der Waals surface area contributed by atoms with Gasteiger partial charge in [0, 0.05) is 0 Å². The molecule has 0 saturated carbocycles. The molecule has 1 fully saturated rings. The lowest BCUT2D eigenvalue weighted by molar-refractivity contribution is -0.118. The minimum absolute atomic E-state index is 0.172. The summed E-state index contributed by atoms with van der Waals surface area (Å²) in [6.07, 6.45) is 0.619. The van der Waals surface area contributed by atoms with Crippen LogP contribution in [0.25, 0.3) is 0 Å². The van der Waals surface area contributed by atoms with E-state index in [-0.39, 0.29) is 18.0 Å². The first-order valence-corrected chi connectivity index (χ1v) is 4.93. The van der Waals surface area contributed by atoms with Crippen LogP contribution in [0.5, 0.6) is 0 Å². The predicted molar refractivity (Wildman–Crippen MR) is 56.5 cm³/mol. The van der Waals surface area contributed by atoms with E-state index in [1.54, 1.807) is 24.3 Å². The van der Waals surface area contributed by atoms with Crippen molar-refractivity contribution in [1.82, 2.24) is 5.32 Å². The van der Waals surface area contributed by atoms with Gasteiger partial charge in [0.15, 0.2) is 0 Å². The lowest BCUT2D eigenvalue weighted by atomic mass is 10.2. The highest BCUT2D eigenvalue weighted by molar-refractivity contribution is 6.21. The number of para-hydroxylation sites is 1. The molecule has 0 bridgehead atoms. The molecule has 4 nitrogen and oxygen atoms in total. The van der Waals surface area contributed by atoms with Gasteiger partial charge in [-0.25, -0.2) is 9.69 Å². The summed E-state index contributed by atoms with van der Waals surface area (Å²) < 4.78 is 0. The minimum atomic E-state index is -0.377. The smallest absolute Gasteiger partial charge is 0.325 e. The van der Waals surface area contributed by atoms with Crippen molar-refractivity contribution in [2.24, 2.45) is 0 Å². The number of carbonyl (C=O) groups excluding carboxylic acids is 2. The normalized spacial score (nSPS) is 20.6. The Kier molecular flexibility index (Phi) is 2.41. The quantitative estimate of drug-likeness (QED) is 0.742. The Bertz CT molecular complexity index is 389. The Morgan fingerprint density at radius 1 is 1.27 bits per heavy atom. The summed E-state index contributed by atoms with van der Waals surface area (Å²) in [5.41, 5.74) is 0.621. The first-order chi connectivity index (χ1) is 7.24. The van der Waals surface area contributed by atoms with Crippen molar-refractivity contribution in [3.8, 4) is 0 Å².